The fourth-order valence-corrected chi connectivity index (χ4v) is 10.4. The van der Waals surface area contributed by atoms with Crippen LogP contribution in [0.3, 0.4) is 0 Å². The van der Waals surface area contributed by atoms with Gasteiger partial charge >= 0.3 is 0 Å². The van der Waals surface area contributed by atoms with Gasteiger partial charge in [-0.25, -0.2) is 0 Å². The summed E-state index contributed by atoms with van der Waals surface area (Å²) in [5.41, 5.74) is 19.6. The van der Waals surface area contributed by atoms with Crippen molar-refractivity contribution < 1.29 is 0 Å². The van der Waals surface area contributed by atoms with Crippen LogP contribution in [-0.4, -0.2) is 4.40 Å². The van der Waals surface area contributed by atoms with Crippen molar-refractivity contribution in [3.8, 4) is 11.1 Å². The Morgan fingerprint density at radius 1 is 0.328 bits per heavy atom. The van der Waals surface area contributed by atoms with E-state index in [-0.39, 0.29) is 5.41 Å². The van der Waals surface area contributed by atoms with Gasteiger partial charge in [-0.05, 0) is 203 Å². The molecule has 3 nitrogen and oxygen atoms in total. The first kappa shape index (κ1) is 40.6. The molecule has 3 heteroatoms. The normalized spacial score (nSPS) is 12.1. The van der Waals surface area contributed by atoms with E-state index in [1.807, 2.05) is 0 Å². The summed E-state index contributed by atoms with van der Waals surface area (Å²) in [7, 11) is 0. The Balaban J connectivity index is 1.11. The lowest BCUT2D eigenvalue weighted by atomic mass is 9.86. The molecule has 0 saturated heterocycles. The molecule has 12 rings (SSSR count). The molecule has 0 atom stereocenters. The van der Waals surface area contributed by atoms with E-state index in [1.54, 1.807) is 0 Å². The molecule has 10 aromatic carbocycles. The number of aromatic nitrogens is 1. The summed E-state index contributed by atoms with van der Waals surface area (Å²) >= 11 is 0. The maximum absolute atomic E-state index is 2.55. The summed E-state index contributed by atoms with van der Waals surface area (Å²) in [6, 6.07) is 72.8. The maximum Gasteiger partial charge on any atom is 0.0620 e. The van der Waals surface area contributed by atoms with Gasteiger partial charge in [-0.2, -0.15) is 0 Å². The van der Waals surface area contributed by atoms with Crippen LogP contribution in [0.5, 0.6) is 0 Å². The monoisotopic (exact) mass is 863 g/mol. The molecule has 0 unspecified atom stereocenters. The largest absolute Gasteiger partial charge is 0.310 e. The number of aryl methyl sites for hydroxylation is 4. The predicted octanol–water partition coefficient (Wildman–Crippen LogP) is 18.3. The number of fused-ring (bicyclic) bond motifs is 8. The number of rotatable bonds is 7. The molecule has 0 spiro atoms. The van der Waals surface area contributed by atoms with Crippen molar-refractivity contribution in [2.24, 2.45) is 0 Å². The van der Waals surface area contributed by atoms with E-state index in [1.165, 1.54) is 98.6 Å². The highest BCUT2D eigenvalue weighted by Gasteiger charge is 2.23. The molecule has 0 aliphatic rings. The van der Waals surface area contributed by atoms with Crippen molar-refractivity contribution in [1.82, 2.24) is 4.40 Å². The Hall–Kier alpha value is -7.88. The quantitative estimate of drug-likeness (QED) is 0.158. The van der Waals surface area contributed by atoms with Crippen molar-refractivity contribution in [2.45, 2.75) is 53.9 Å². The topological polar surface area (TPSA) is 10.9 Å². The molecule has 2 aromatic heterocycles. The molecule has 0 aliphatic heterocycles. The van der Waals surface area contributed by atoms with Gasteiger partial charge in [-0.15, -0.1) is 0 Å². The van der Waals surface area contributed by atoms with Crippen molar-refractivity contribution >= 4 is 93.8 Å². The van der Waals surface area contributed by atoms with Gasteiger partial charge in [0, 0.05) is 55.7 Å². The lowest BCUT2D eigenvalue weighted by Gasteiger charge is -2.26. The highest BCUT2D eigenvalue weighted by atomic mass is 15.1. The summed E-state index contributed by atoms with van der Waals surface area (Å²) < 4.78 is 2.55. The lowest BCUT2D eigenvalue weighted by Crippen LogP contribution is -2.10. The van der Waals surface area contributed by atoms with Gasteiger partial charge in [0.2, 0.25) is 0 Å². The van der Waals surface area contributed by atoms with E-state index in [9.17, 15) is 0 Å². The molecule has 0 N–H and O–H groups in total. The third kappa shape index (κ3) is 6.80. The number of benzene rings is 10. The fourth-order valence-electron chi connectivity index (χ4n) is 10.4. The third-order valence-corrected chi connectivity index (χ3v) is 14.4. The van der Waals surface area contributed by atoms with Crippen LogP contribution in [0.1, 0.15) is 48.6 Å². The molecule has 2 heterocycles. The number of hydrogen-bond donors (Lipinski definition) is 0. The summed E-state index contributed by atoms with van der Waals surface area (Å²) in [6.07, 6.45) is 0. The SMILES string of the molecule is Cc1ccc(N(c2ccccc2)c2ccc3cc4c5cc(-c6ccc(C(C)(C)C)cc6)cc6c7cc8ccc(N(c9ccccc9)c9ccc(C)c(C)c9)cc8cc7n(c4cc3c2)c56)cc1C. The molecule has 67 heavy (non-hydrogen) atoms. The molecule has 0 radical (unpaired) electrons. The number of nitrogens with zero attached hydrogens (tertiary/aromatic N) is 3. The average Bonchev–Trinajstić information content (AvgIpc) is 3.83. The number of hydrogen-bond acceptors (Lipinski definition) is 2. The van der Waals surface area contributed by atoms with Crippen molar-refractivity contribution in [3.05, 3.63) is 222 Å². The van der Waals surface area contributed by atoms with E-state index >= 15 is 0 Å². The molecule has 324 valence electrons. The van der Waals surface area contributed by atoms with Crippen LogP contribution in [0, 0.1) is 27.7 Å². The van der Waals surface area contributed by atoms with Gasteiger partial charge < -0.3 is 14.2 Å². The molecule has 0 saturated carbocycles. The number of para-hydroxylation sites is 2. The second-order valence-corrected chi connectivity index (χ2v) is 19.8. The van der Waals surface area contributed by atoms with E-state index < -0.39 is 0 Å². The van der Waals surface area contributed by atoms with Crippen LogP contribution >= 0.6 is 0 Å². The summed E-state index contributed by atoms with van der Waals surface area (Å²) in [4.78, 5) is 4.77. The highest BCUT2D eigenvalue weighted by molar-refractivity contribution is 6.27. The highest BCUT2D eigenvalue weighted by Crippen LogP contribution is 2.46. The fraction of sp³-hybridized carbons (Fsp3) is 0.125. The Bertz CT molecular complexity index is 3650. The zero-order valence-electron chi connectivity index (χ0n) is 39.3. The van der Waals surface area contributed by atoms with Crippen LogP contribution in [-0.2, 0) is 5.41 Å². The van der Waals surface area contributed by atoms with E-state index in [0.29, 0.717) is 0 Å². The van der Waals surface area contributed by atoms with Gasteiger partial charge in [-0.1, -0.05) is 106 Å². The van der Waals surface area contributed by atoms with Crippen molar-refractivity contribution in [3.63, 3.8) is 0 Å². The third-order valence-electron chi connectivity index (χ3n) is 14.4. The van der Waals surface area contributed by atoms with Crippen molar-refractivity contribution in [2.75, 3.05) is 9.80 Å². The van der Waals surface area contributed by atoms with Gasteiger partial charge in [0.25, 0.3) is 0 Å². The molecule has 0 aliphatic carbocycles. The van der Waals surface area contributed by atoms with Crippen LogP contribution in [0.25, 0.3) is 70.8 Å². The van der Waals surface area contributed by atoms with Gasteiger partial charge in [-0.3, -0.25) is 0 Å². The molecule has 0 bridgehead atoms. The van der Waals surface area contributed by atoms with E-state index in [2.05, 4.69) is 257 Å². The summed E-state index contributed by atoms with van der Waals surface area (Å²) in [5, 5.41) is 9.95. The van der Waals surface area contributed by atoms with Crippen molar-refractivity contribution in [1.29, 1.82) is 0 Å². The zero-order valence-corrected chi connectivity index (χ0v) is 39.3. The minimum Gasteiger partial charge on any atom is -0.310 e. The Morgan fingerprint density at radius 3 is 1.19 bits per heavy atom. The molecular formula is C64H53N3. The second-order valence-electron chi connectivity index (χ2n) is 19.8. The average molecular weight is 864 g/mol. The summed E-state index contributed by atoms with van der Waals surface area (Å²) in [5.74, 6) is 0. The number of anilines is 6. The van der Waals surface area contributed by atoms with E-state index in [0.717, 1.165) is 34.1 Å². The first-order chi connectivity index (χ1) is 32.5. The summed E-state index contributed by atoms with van der Waals surface area (Å²) in [6.45, 7) is 15.6. The smallest absolute Gasteiger partial charge is 0.0620 e. The second kappa shape index (κ2) is 15.4. The molecule has 12 aromatic rings. The van der Waals surface area contributed by atoms with Crippen LogP contribution in [0.15, 0.2) is 194 Å². The molecule has 0 fully saturated rings. The van der Waals surface area contributed by atoms with Gasteiger partial charge in [0.15, 0.2) is 0 Å². The Morgan fingerprint density at radius 2 is 0.761 bits per heavy atom. The predicted molar refractivity (Wildman–Crippen MR) is 289 cm³/mol. The Labute approximate surface area is 393 Å². The molecule has 0 amide bonds. The molecular weight excluding hydrogens is 811 g/mol. The lowest BCUT2D eigenvalue weighted by molar-refractivity contribution is 0.590. The van der Waals surface area contributed by atoms with Gasteiger partial charge in [0.1, 0.15) is 0 Å². The van der Waals surface area contributed by atoms with Crippen LogP contribution in [0.4, 0.5) is 34.1 Å². The minimum atomic E-state index is 0.0825. The standard InChI is InChI=1S/C64H53N3/c1-40-18-26-53(30-42(40)3)65(51-14-10-8-11-15-51)55-28-22-45-34-57-59-36-49(44-20-24-50(25-21-44)64(5,6)7)37-60-58-35-46-23-29-56(33-48(46)39-62(58)67(63(59)60)61(57)38-47(45)32-55)66(52-16-12-9-13-17-52)54-27-19-41(2)43(4)31-54/h8-39H,1-7H3. The minimum absolute atomic E-state index is 0.0825. The Kier molecular flexibility index (Phi) is 9.31. The maximum atomic E-state index is 2.55. The first-order valence-corrected chi connectivity index (χ1v) is 23.6. The van der Waals surface area contributed by atoms with Crippen LogP contribution < -0.4 is 9.80 Å². The van der Waals surface area contributed by atoms with E-state index in [4.69, 9.17) is 0 Å². The van der Waals surface area contributed by atoms with Crippen LogP contribution in [0.2, 0.25) is 0 Å². The first-order valence-electron chi connectivity index (χ1n) is 23.6. The van der Waals surface area contributed by atoms with Gasteiger partial charge in [0.05, 0.1) is 16.6 Å². The zero-order chi connectivity index (χ0) is 45.7.